The number of fused-ring (bicyclic) bond motifs is 1. The second kappa shape index (κ2) is 4.13. The number of anilines is 1. The molecule has 0 saturated heterocycles. The molecule has 1 aliphatic carbocycles. The van der Waals surface area contributed by atoms with Crippen LogP contribution in [-0.4, -0.2) is 5.91 Å². The smallest absolute Gasteiger partial charge is 0.232 e. The van der Waals surface area contributed by atoms with E-state index in [-0.39, 0.29) is 17.6 Å². The second-order valence-corrected chi connectivity index (χ2v) is 5.13. The van der Waals surface area contributed by atoms with Gasteiger partial charge in [-0.2, -0.15) is 0 Å². The lowest BCUT2D eigenvalue weighted by Crippen LogP contribution is -2.14. The zero-order valence-electron chi connectivity index (χ0n) is 9.71. The Bertz CT molecular complexity index is 452. The molecule has 1 heterocycles. The minimum atomic E-state index is -0.315. The molecule has 1 aromatic rings. The first kappa shape index (κ1) is 10.8. The van der Waals surface area contributed by atoms with Crippen LogP contribution < -0.4 is 5.32 Å². The van der Waals surface area contributed by atoms with E-state index in [0.717, 1.165) is 12.0 Å². The van der Waals surface area contributed by atoms with Crippen LogP contribution in [0.15, 0.2) is 18.2 Å². The first-order valence-electron chi connectivity index (χ1n) is 6.35. The highest BCUT2D eigenvalue weighted by Gasteiger charge is 2.34. The van der Waals surface area contributed by atoms with Crippen molar-refractivity contribution < 1.29 is 9.18 Å². The Balaban J connectivity index is 1.86. The van der Waals surface area contributed by atoms with Gasteiger partial charge in [-0.05, 0) is 24.0 Å². The summed E-state index contributed by atoms with van der Waals surface area (Å²) < 4.78 is 13.5. The van der Waals surface area contributed by atoms with Gasteiger partial charge in [-0.15, -0.1) is 0 Å². The van der Waals surface area contributed by atoms with Crippen molar-refractivity contribution in [3.8, 4) is 0 Å². The summed E-state index contributed by atoms with van der Waals surface area (Å²) in [4.78, 5) is 11.9. The minimum absolute atomic E-state index is 0.0306. The lowest BCUT2D eigenvalue weighted by molar-refractivity contribution is -0.117. The summed E-state index contributed by atoms with van der Waals surface area (Å²) in [6, 6.07) is 4.96. The zero-order chi connectivity index (χ0) is 11.8. The summed E-state index contributed by atoms with van der Waals surface area (Å²) in [6.07, 6.45) is 5.86. The number of carbonyl (C=O) groups is 1. The third-order valence-corrected chi connectivity index (χ3v) is 4.03. The van der Waals surface area contributed by atoms with Gasteiger partial charge < -0.3 is 5.32 Å². The van der Waals surface area contributed by atoms with Crippen LogP contribution in [-0.2, 0) is 4.79 Å². The van der Waals surface area contributed by atoms with Gasteiger partial charge >= 0.3 is 0 Å². The number of halogens is 1. The number of nitrogens with one attached hydrogen (secondary N) is 1. The largest absolute Gasteiger partial charge is 0.323 e. The topological polar surface area (TPSA) is 29.1 Å². The molecule has 3 rings (SSSR count). The summed E-state index contributed by atoms with van der Waals surface area (Å²) >= 11 is 0. The van der Waals surface area contributed by atoms with Gasteiger partial charge in [0.2, 0.25) is 5.91 Å². The number of hydrogen-bond acceptors (Lipinski definition) is 1. The first-order valence-corrected chi connectivity index (χ1v) is 6.35. The van der Waals surface area contributed by atoms with E-state index in [0.29, 0.717) is 11.6 Å². The third kappa shape index (κ3) is 1.84. The Morgan fingerprint density at radius 3 is 2.82 bits per heavy atom. The highest BCUT2D eigenvalue weighted by Crippen LogP contribution is 2.41. The van der Waals surface area contributed by atoms with Crippen LogP contribution >= 0.6 is 0 Å². The molecule has 1 N–H and O–H groups in total. The standard InChI is InChI=1S/C14H16FNO/c15-12-7-3-6-10-11(14(17)16-13(10)12)8-9-4-1-2-5-9/h3,6-7,9,11H,1-2,4-5,8H2,(H,16,17). The van der Waals surface area contributed by atoms with Crippen molar-refractivity contribution in [2.45, 2.75) is 38.0 Å². The van der Waals surface area contributed by atoms with Crippen LogP contribution in [0.5, 0.6) is 0 Å². The fourth-order valence-corrected chi connectivity index (χ4v) is 3.13. The van der Waals surface area contributed by atoms with Crippen LogP contribution in [0.2, 0.25) is 0 Å². The van der Waals surface area contributed by atoms with Crippen molar-refractivity contribution in [1.29, 1.82) is 0 Å². The van der Waals surface area contributed by atoms with Crippen molar-refractivity contribution in [3.05, 3.63) is 29.6 Å². The van der Waals surface area contributed by atoms with Gasteiger partial charge in [-0.1, -0.05) is 37.8 Å². The van der Waals surface area contributed by atoms with E-state index < -0.39 is 0 Å². The predicted octanol–water partition coefficient (Wildman–Crippen LogP) is 3.44. The van der Waals surface area contributed by atoms with Crippen LogP contribution in [0.4, 0.5) is 10.1 Å². The van der Waals surface area contributed by atoms with E-state index >= 15 is 0 Å². The van der Waals surface area contributed by atoms with Crippen molar-refractivity contribution in [2.75, 3.05) is 5.32 Å². The van der Waals surface area contributed by atoms with Crippen LogP contribution in [0.1, 0.15) is 43.6 Å². The molecule has 1 unspecified atom stereocenters. The van der Waals surface area contributed by atoms with Gasteiger partial charge in [-0.3, -0.25) is 4.79 Å². The molecule has 17 heavy (non-hydrogen) atoms. The van der Waals surface area contributed by atoms with E-state index in [1.807, 2.05) is 6.07 Å². The maximum absolute atomic E-state index is 13.5. The van der Waals surface area contributed by atoms with Crippen LogP contribution in [0.25, 0.3) is 0 Å². The van der Waals surface area contributed by atoms with Gasteiger partial charge in [0.15, 0.2) is 0 Å². The van der Waals surface area contributed by atoms with E-state index in [4.69, 9.17) is 0 Å². The molecular weight excluding hydrogens is 217 g/mol. The van der Waals surface area contributed by atoms with Crippen molar-refractivity contribution in [1.82, 2.24) is 0 Å². The molecule has 0 bridgehead atoms. The Hall–Kier alpha value is -1.38. The number of hydrogen-bond donors (Lipinski definition) is 1. The highest BCUT2D eigenvalue weighted by atomic mass is 19.1. The Labute approximate surface area is 100 Å². The van der Waals surface area contributed by atoms with E-state index in [1.54, 1.807) is 6.07 Å². The summed E-state index contributed by atoms with van der Waals surface area (Å²) in [7, 11) is 0. The highest BCUT2D eigenvalue weighted by molar-refractivity contribution is 6.02. The maximum atomic E-state index is 13.5. The monoisotopic (exact) mass is 233 g/mol. The molecule has 2 aliphatic rings. The predicted molar refractivity (Wildman–Crippen MR) is 64.3 cm³/mol. The molecule has 2 nitrogen and oxygen atoms in total. The summed E-state index contributed by atoms with van der Waals surface area (Å²) in [6.45, 7) is 0. The van der Waals surface area contributed by atoms with Crippen molar-refractivity contribution in [2.24, 2.45) is 5.92 Å². The maximum Gasteiger partial charge on any atom is 0.232 e. The van der Waals surface area contributed by atoms with E-state index in [9.17, 15) is 9.18 Å². The molecule has 1 amide bonds. The Kier molecular flexibility index (Phi) is 2.61. The van der Waals surface area contributed by atoms with Gasteiger partial charge in [0.05, 0.1) is 11.6 Å². The van der Waals surface area contributed by atoms with E-state index in [2.05, 4.69) is 5.32 Å². The van der Waals surface area contributed by atoms with Gasteiger partial charge in [0.1, 0.15) is 5.82 Å². The Morgan fingerprint density at radius 1 is 1.29 bits per heavy atom. The molecule has 3 heteroatoms. The molecular formula is C14H16FNO. The summed E-state index contributed by atoms with van der Waals surface area (Å²) in [5.74, 6) is 0.158. The lowest BCUT2D eigenvalue weighted by atomic mass is 9.89. The fraction of sp³-hybridized carbons (Fsp3) is 0.500. The number of benzene rings is 1. The molecule has 1 aliphatic heterocycles. The van der Waals surface area contributed by atoms with E-state index in [1.165, 1.54) is 31.7 Å². The van der Waals surface area contributed by atoms with Crippen LogP contribution in [0.3, 0.4) is 0 Å². The normalized spacial score (nSPS) is 23.8. The molecule has 0 aromatic heterocycles. The van der Waals surface area contributed by atoms with Gasteiger partial charge in [0.25, 0.3) is 0 Å². The SMILES string of the molecule is O=C1Nc2c(F)cccc2C1CC1CCCC1. The molecule has 0 radical (unpaired) electrons. The quantitative estimate of drug-likeness (QED) is 0.833. The summed E-state index contributed by atoms with van der Waals surface area (Å²) in [5, 5.41) is 2.68. The number of carbonyl (C=O) groups excluding carboxylic acids is 1. The molecule has 0 spiro atoms. The molecule has 1 atom stereocenters. The minimum Gasteiger partial charge on any atom is -0.323 e. The molecule has 1 saturated carbocycles. The van der Waals surface area contributed by atoms with Gasteiger partial charge in [0, 0.05) is 0 Å². The first-order chi connectivity index (χ1) is 8.25. The average Bonchev–Trinajstić information content (AvgIpc) is 2.91. The third-order valence-electron chi connectivity index (χ3n) is 4.03. The van der Waals surface area contributed by atoms with Gasteiger partial charge in [-0.25, -0.2) is 4.39 Å². The van der Waals surface area contributed by atoms with Crippen LogP contribution in [0, 0.1) is 11.7 Å². The molecule has 90 valence electrons. The van der Waals surface area contributed by atoms with Crippen molar-refractivity contribution >= 4 is 11.6 Å². The average molecular weight is 233 g/mol. The number of para-hydroxylation sites is 1. The second-order valence-electron chi connectivity index (χ2n) is 5.13. The Morgan fingerprint density at radius 2 is 2.06 bits per heavy atom. The number of rotatable bonds is 2. The summed E-state index contributed by atoms with van der Waals surface area (Å²) in [5.41, 5.74) is 1.25. The molecule has 1 fully saturated rings. The number of amides is 1. The zero-order valence-corrected chi connectivity index (χ0v) is 9.71. The lowest BCUT2D eigenvalue weighted by Gasteiger charge is -2.13. The molecule has 1 aromatic carbocycles. The fourth-order valence-electron chi connectivity index (χ4n) is 3.13. The van der Waals surface area contributed by atoms with Crippen molar-refractivity contribution in [3.63, 3.8) is 0 Å².